The van der Waals surface area contributed by atoms with Gasteiger partial charge < -0.3 is 24.4 Å². The van der Waals surface area contributed by atoms with E-state index in [4.69, 9.17) is 14.2 Å². The molecule has 1 aliphatic heterocycles. The third kappa shape index (κ3) is 4.67. The summed E-state index contributed by atoms with van der Waals surface area (Å²) >= 11 is 0. The fourth-order valence-electron chi connectivity index (χ4n) is 3.48. The summed E-state index contributed by atoms with van der Waals surface area (Å²) in [4.78, 5) is 26.8. The highest BCUT2D eigenvalue weighted by Gasteiger charge is 2.26. The van der Waals surface area contributed by atoms with E-state index in [0.29, 0.717) is 41.6 Å². The number of hydrogen-bond donors (Lipinski definition) is 1. The molecule has 0 bridgehead atoms. The first-order valence-corrected chi connectivity index (χ1v) is 10.3. The summed E-state index contributed by atoms with van der Waals surface area (Å²) in [5.74, 6) is 1.64. The van der Waals surface area contributed by atoms with Crippen LogP contribution < -0.4 is 24.4 Å². The molecule has 32 heavy (non-hydrogen) atoms. The van der Waals surface area contributed by atoms with Gasteiger partial charge in [0.25, 0.3) is 11.8 Å². The molecule has 0 atom stereocenters. The summed E-state index contributed by atoms with van der Waals surface area (Å²) in [6.45, 7) is 2.50. The van der Waals surface area contributed by atoms with E-state index in [1.807, 2.05) is 49.4 Å². The normalized spacial score (nSPS) is 12.6. The summed E-state index contributed by atoms with van der Waals surface area (Å²) in [7, 11) is 1.61. The number of methoxy groups -OCH3 is 1. The number of hydrogen-bond acceptors (Lipinski definition) is 5. The quantitative estimate of drug-likeness (QED) is 0.609. The van der Waals surface area contributed by atoms with Crippen molar-refractivity contribution in [2.24, 2.45) is 0 Å². The molecule has 2 amide bonds. The number of anilines is 2. The number of benzene rings is 3. The van der Waals surface area contributed by atoms with E-state index in [1.165, 1.54) is 0 Å². The first-order valence-electron chi connectivity index (χ1n) is 10.3. The summed E-state index contributed by atoms with van der Waals surface area (Å²) in [6.07, 6.45) is 0. The Morgan fingerprint density at radius 2 is 1.81 bits per heavy atom. The lowest BCUT2D eigenvalue weighted by Gasteiger charge is -2.29. The van der Waals surface area contributed by atoms with Gasteiger partial charge in [-0.2, -0.15) is 0 Å². The molecular weight excluding hydrogens is 408 g/mol. The third-order valence-electron chi connectivity index (χ3n) is 5.19. The van der Waals surface area contributed by atoms with Gasteiger partial charge in [0, 0.05) is 11.3 Å². The molecule has 0 aliphatic carbocycles. The number of carbonyl (C=O) groups excluding carboxylic acids is 2. The molecule has 0 fully saturated rings. The molecule has 0 unspecified atom stereocenters. The standard InChI is InChI=1S/C25H24N2O5/c1-17-5-3-4-6-21(17)25(29)26-18-7-12-23-22(15-18)27(24(28)16-32-23)13-14-31-20-10-8-19(30-2)9-11-20/h3-12,15H,13-14,16H2,1-2H3,(H,26,29). The van der Waals surface area contributed by atoms with Crippen LogP contribution in [-0.4, -0.2) is 38.7 Å². The maximum atomic E-state index is 12.7. The largest absolute Gasteiger partial charge is 0.497 e. The Balaban J connectivity index is 1.46. The third-order valence-corrected chi connectivity index (χ3v) is 5.19. The topological polar surface area (TPSA) is 77.1 Å². The first-order chi connectivity index (χ1) is 15.5. The molecule has 3 aromatic carbocycles. The predicted molar refractivity (Wildman–Crippen MR) is 122 cm³/mol. The number of ether oxygens (including phenoxy) is 3. The van der Waals surface area contributed by atoms with Crippen molar-refractivity contribution in [3.05, 3.63) is 77.9 Å². The number of nitrogens with zero attached hydrogens (tertiary/aromatic N) is 1. The molecule has 0 spiro atoms. The van der Waals surface area contributed by atoms with Crippen molar-refractivity contribution in [1.29, 1.82) is 0 Å². The van der Waals surface area contributed by atoms with Gasteiger partial charge in [-0.05, 0) is 61.0 Å². The van der Waals surface area contributed by atoms with E-state index in [-0.39, 0.29) is 18.4 Å². The maximum Gasteiger partial charge on any atom is 0.265 e. The van der Waals surface area contributed by atoms with Gasteiger partial charge in [0.2, 0.25) is 0 Å². The molecule has 1 N–H and O–H groups in total. The van der Waals surface area contributed by atoms with Gasteiger partial charge in [0.1, 0.15) is 23.9 Å². The van der Waals surface area contributed by atoms with E-state index < -0.39 is 0 Å². The van der Waals surface area contributed by atoms with Crippen LogP contribution in [0.2, 0.25) is 0 Å². The molecule has 0 saturated heterocycles. The second-order valence-corrected chi connectivity index (χ2v) is 7.31. The highest BCUT2D eigenvalue weighted by Crippen LogP contribution is 2.34. The predicted octanol–water partition coefficient (Wildman–Crippen LogP) is 4.06. The summed E-state index contributed by atoms with van der Waals surface area (Å²) in [5, 5.41) is 2.90. The number of rotatable bonds is 7. The highest BCUT2D eigenvalue weighted by molar-refractivity contribution is 6.06. The van der Waals surface area contributed by atoms with Crippen LogP contribution >= 0.6 is 0 Å². The Morgan fingerprint density at radius 3 is 2.56 bits per heavy atom. The number of aryl methyl sites for hydroxylation is 1. The van der Waals surface area contributed by atoms with Gasteiger partial charge in [-0.25, -0.2) is 0 Å². The minimum atomic E-state index is -0.208. The monoisotopic (exact) mass is 432 g/mol. The minimum absolute atomic E-state index is 0.0373. The number of fused-ring (bicyclic) bond motifs is 1. The van der Waals surface area contributed by atoms with Crippen molar-refractivity contribution in [2.45, 2.75) is 6.92 Å². The summed E-state index contributed by atoms with van der Waals surface area (Å²) < 4.78 is 16.5. The first kappa shape index (κ1) is 21.2. The number of amides is 2. The molecule has 0 radical (unpaired) electrons. The smallest absolute Gasteiger partial charge is 0.265 e. The molecule has 7 nitrogen and oxygen atoms in total. The van der Waals surface area contributed by atoms with Crippen LogP contribution in [0, 0.1) is 6.92 Å². The van der Waals surface area contributed by atoms with Crippen LogP contribution in [0.15, 0.2) is 66.7 Å². The Morgan fingerprint density at radius 1 is 1.06 bits per heavy atom. The van der Waals surface area contributed by atoms with Crippen molar-refractivity contribution in [1.82, 2.24) is 0 Å². The van der Waals surface area contributed by atoms with Gasteiger partial charge in [0.15, 0.2) is 6.61 Å². The van der Waals surface area contributed by atoms with E-state index >= 15 is 0 Å². The van der Waals surface area contributed by atoms with E-state index in [2.05, 4.69) is 5.32 Å². The second kappa shape index (κ2) is 9.43. The van der Waals surface area contributed by atoms with Crippen LogP contribution in [0.1, 0.15) is 15.9 Å². The van der Waals surface area contributed by atoms with Crippen molar-refractivity contribution in [3.63, 3.8) is 0 Å². The zero-order valence-corrected chi connectivity index (χ0v) is 18.0. The minimum Gasteiger partial charge on any atom is -0.497 e. The summed E-state index contributed by atoms with van der Waals surface area (Å²) in [6, 6.07) is 19.9. The Labute approximate surface area is 186 Å². The van der Waals surface area contributed by atoms with Crippen LogP contribution in [0.5, 0.6) is 17.2 Å². The van der Waals surface area contributed by atoms with Gasteiger partial charge in [-0.1, -0.05) is 18.2 Å². The lowest BCUT2D eigenvalue weighted by Crippen LogP contribution is -2.41. The number of nitrogens with one attached hydrogen (secondary N) is 1. The average molecular weight is 432 g/mol. The average Bonchev–Trinajstić information content (AvgIpc) is 2.81. The van der Waals surface area contributed by atoms with Gasteiger partial charge >= 0.3 is 0 Å². The molecule has 3 aromatic rings. The summed E-state index contributed by atoms with van der Waals surface area (Å²) in [5.41, 5.74) is 2.67. The van der Waals surface area contributed by atoms with Crippen molar-refractivity contribution in [2.75, 3.05) is 37.1 Å². The maximum absolute atomic E-state index is 12.7. The van der Waals surface area contributed by atoms with Crippen LogP contribution in [-0.2, 0) is 4.79 Å². The van der Waals surface area contributed by atoms with Gasteiger partial charge in [-0.3, -0.25) is 9.59 Å². The van der Waals surface area contributed by atoms with Crippen molar-refractivity contribution in [3.8, 4) is 17.2 Å². The highest BCUT2D eigenvalue weighted by atomic mass is 16.5. The molecule has 0 aromatic heterocycles. The van der Waals surface area contributed by atoms with Crippen LogP contribution in [0.4, 0.5) is 11.4 Å². The molecule has 4 rings (SSSR count). The second-order valence-electron chi connectivity index (χ2n) is 7.31. The Bertz CT molecular complexity index is 1130. The number of carbonyl (C=O) groups is 2. The SMILES string of the molecule is COc1ccc(OCCN2C(=O)COc3ccc(NC(=O)c4ccccc4C)cc32)cc1. The Hall–Kier alpha value is -4.00. The van der Waals surface area contributed by atoms with Crippen molar-refractivity contribution < 1.29 is 23.8 Å². The fraction of sp³-hybridized carbons (Fsp3) is 0.200. The van der Waals surface area contributed by atoms with Crippen molar-refractivity contribution >= 4 is 23.2 Å². The molecule has 164 valence electrons. The Kier molecular flexibility index (Phi) is 6.26. The van der Waals surface area contributed by atoms with E-state index in [1.54, 1.807) is 36.3 Å². The van der Waals surface area contributed by atoms with Crippen LogP contribution in [0.3, 0.4) is 0 Å². The van der Waals surface area contributed by atoms with Gasteiger partial charge in [0.05, 0.1) is 19.3 Å². The molecule has 7 heteroatoms. The molecule has 0 saturated carbocycles. The fourth-order valence-corrected chi connectivity index (χ4v) is 3.48. The molecule has 1 heterocycles. The lowest BCUT2D eigenvalue weighted by molar-refractivity contribution is -0.121. The lowest BCUT2D eigenvalue weighted by atomic mass is 10.1. The molecular formula is C25H24N2O5. The van der Waals surface area contributed by atoms with E-state index in [9.17, 15) is 9.59 Å². The van der Waals surface area contributed by atoms with Gasteiger partial charge in [-0.15, -0.1) is 0 Å². The van der Waals surface area contributed by atoms with E-state index in [0.717, 1.165) is 11.3 Å². The molecule has 1 aliphatic rings. The zero-order chi connectivity index (χ0) is 22.5. The van der Waals surface area contributed by atoms with Crippen LogP contribution in [0.25, 0.3) is 0 Å². The zero-order valence-electron chi connectivity index (χ0n) is 18.0.